The first kappa shape index (κ1) is 21.5. The quantitative estimate of drug-likeness (QED) is 0.619. The Morgan fingerprint density at radius 1 is 0.933 bits per heavy atom. The van der Waals surface area contributed by atoms with Crippen LogP contribution in [0, 0.1) is 0 Å². The zero-order valence-electron chi connectivity index (χ0n) is 17.5. The van der Waals surface area contributed by atoms with Gasteiger partial charge in [-0.1, -0.05) is 0 Å². The van der Waals surface area contributed by atoms with Gasteiger partial charge in [0, 0.05) is 17.3 Å². The summed E-state index contributed by atoms with van der Waals surface area (Å²) in [6.45, 7) is 1.27. The van der Waals surface area contributed by atoms with Crippen LogP contribution in [0.3, 0.4) is 0 Å². The second-order valence-electron chi connectivity index (χ2n) is 7.15. The molecule has 2 aromatic rings. The lowest BCUT2D eigenvalue weighted by molar-refractivity contribution is -0.118. The molecule has 3 rings (SSSR count). The second-order valence-corrected chi connectivity index (χ2v) is 7.15. The number of benzene rings is 2. The summed E-state index contributed by atoms with van der Waals surface area (Å²) < 4.78 is 22.3. The van der Waals surface area contributed by atoms with Crippen LogP contribution >= 0.6 is 0 Å². The topological polar surface area (TPSA) is 83.1 Å². The van der Waals surface area contributed by atoms with E-state index < -0.39 is 0 Å². The Morgan fingerprint density at radius 2 is 1.63 bits per heavy atom. The molecule has 1 fully saturated rings. The Hall–Kier alpha value is -3.22. The van der Waals surface area contributed by atoms with E-state index in [1.165, 1.54) is 14.0 Å². The Morgan fingerprint density at radius 3 is 2.30 bits per heavy atom. The van der Waals surface area contributed by atoms with Gasteiger partial charge in [0.05, 0.1) is 20.3 Å². The van der Waals surface area contributed by atoms with Crippen LogP contribution in [0.5, 0.6) is 23.0 Å². The minimum absolute atomic E-state index is 0.0762. The molecule has 0 bridgehead atoms. The molecule has 7 heteroatoms. The normalized spacial score (nSPS) is 13.6. The van der Waals surface area contributed by atoms with Gasteiger partial charge in [-0.15, -0.1) is 0 Å². The van der Waals surface area contributed by atoms with Crippen LogP contribution < -0.4 is 24.3 Å². The summed E-state index contributed by atoms with van der Waals surface area (Å²) in [6.07, 6.45) is 4.56. The Balaban J connectivity index is 1.62. The molecule has 160 valence electrons. The monoisotopic (exact) mass is 413 g/mol. The molecule has 0 aromatic heterocycles. The number of nitrogens with one attached hydrogen (secondary N) is 1. The summed E-state index contributed by atoms with van der Waals surface area (Å²) in [5, 5.41) is 2.80. The van der Waals surface area contributed by atoms with Crippen molar-refractivity contribution in [1.82, 2.24) is 0 Å². The second kappa shape index (κ2) is 10.0. The van der Waals surface area contributed by atoms with E-state index in [4.69, 9.17) is 18.9 Å². The molecule has 0 atom stereocenters. The van der Waals surface area contributed by atoms with E-state index in [-0.39, 0.29) is 24.4 Å². The summed E-state index contributed by atoms with van der Waals surface area (Å²) in [4.78, 5) is 23.9. The average molecular weight is 413 g/mol. The third-order valence-electron chi connectivity index (χ3n) is 4.97. The van der Waals surface area contributed by atoms with Crippen LogP contribution in [0.15, 0.2) is 36.4 Å². The van der Waals surface area contributed by atoms with Gasteiger partial charge in [0.2, 0.25) is 0 Å². The van der Waals surface area contributed by atoms with Gasteiger partial charge in [-0.2, -0.15) is 0 Å². The first-order valence-electron chi connectivity index (χ1n) is 9.96. The number of anilines is 1. The zero-order chi connectivity index (χ0) is 21.5. The van der Waals surface area contributed by atoms with Crippen molar-refractivity contribution in [2.75, 3.05) is 26.1 Å². The molecule has 1 aliphatic carbocycles. The molecule has 2 aromatic carbocycles. The number of amides is 1. The maximum atomic E-state index is 12.4. The number of hydrogen-bond donors (Lipinski definition) is 1. The predicted molar refractivity (Wildman–Crippen MR) is 113 cm³/mol. The molecule has 1 saturated carbocycles. The molecule has 1 amide bonds. The molecular weight excluding hydrogens is 386 g/mol. The lowest BCUT2D eigenvalue weighted by Gasteiger charge is -2.17. The third kappa shape index (κ3) is 5.43. The SMILES string of the molecule is COc1cc(C(C)=O)ccc1OCC(=O)Nc1ccc(OC)c(OC2CCCC2)c1. The van der Waals surface area contributed by atoms with Crippen molar-refractivity contribution >= 4 is 17.4 Å². The van der Waals surface area contributed by atoms with Gasteiger partial charge in [-0.3, -0.25) is 9.59 Å². The van der Waals surface area contributed by atoms with E-state index in [0.717, 1.165) is 25.7 Å². The molecule has 7 nitrogen and oxygen atoms in total. The maximum absolute atomic E-state index is 12.4. The number of carbonyl (C=O) groups excluding carboxylic acids is 2. The van der Waals surface area contributed by atoms with Crippen molar-refractivity contribution in [1.29, 1.82) is 0 Å². The van der Waals surface area contributed by atoms with Gasteiger partial charge in [-0.05, 0) is 62.9 Å². The van der Waals surface area contributed by atoms with E-state index in [1.807, 2.05) is 0 Å². The summed E-state index contributed by atoms with van der Waals surface area (Å²) in [6, 6.07) is 10.1. The standard InChI is InChI=1S/C23H27NO6/c1-15(25)16-8-10-20(21(12-16)28-3)29-14-23(26)24-17-9-11-19(27-2)22(13-17)30-18-6-4-5-7-18/h8-13,18H,4-7,14H2,1-3H3,(H,24,26). The van der Waals surface area contributed by atoms with E-state index in [1.54, 1.807) is 43.5 Å². The van der Waals surface area contributed by atoms with Gasteiger partial charge in [-0.25, -0.2) is 0 Å². The predicted octanol–water partition coefficient (Wildman–Crippen LogP) is 4.25. The molecule has 0 unspecified atom stereocenters. The Labute approximate surface area is 176 Å². The smallest absolute Gasteiger partial charge is 0.262 e. The van der Waals surface area contributed by atoms with Crippen molar-refractivity contribution in [3.63, 3.8) is 0 Å². The number of methoxy groups -OCH3 is 2. The van der Waals surface area contributed by atoms with E-state index in [0.29, 0.717) is 34.2 Å². The van der Waals surface area contributed by atoms with Crippen LogP contribution in [-0.4, -0.2) is 38.6 Å². The van der Waals surface area contributed by atoms with Gasteiger partial charge in [0.1, 0.15) is 0 Å². The van der Waals surface area contributed by atoms with Gasteiger partial charge >= 0.3 is 0 Å². The van der Waals surface area contributed by atoms with E-state index >= 15 is 0 Å². The number of Topliss-reactive ketones (excluding diaryl/α,β-unsaturated/α-hetero) is 1. The summed E-state index contributed by atoms with van der Waals surface area (Å²) in [5.74, 6) is 1.62. The molecule has 30 heavy (non-hydrogen) atoms. The molecule has 0 aliphatic heterocycles. The number of rotatable bonds is 9. The lowest BCUT2D eigenvalue weighted by atomic mass is 10.1. The minimum Gasteiger partial charge on any atom is -0.493 e. The first-order valence-corrected chi connectivity index (χ1v) is 9.96. The van der Waals surface area contributed by atoms with Crippen molar-refractivity contribution in [3.05, 3.63) is 42.0 Å². The Bertz CT molecular complexity index is 905. The third-order valence-corrected chi connectivity index (χ3v) is 4.97. The molecular formula is C23H27NO6. The van der Waals surface area contributed by atoms with Crippen LogP contribution in [0.1, 0.15) is 43.0 Å². The lowest BCUT2D eigenvalue weighted by Crippen LogP contribution is -2.20. The van der Waals surface area contributed by atoms with Gasteiger partial charge in [0.25, 0.3) is 5.91 Å². The largest absolute Gasteiger partial charge is 0.493 e. The molecule has 0 saturated heterocycles. The molecule has 0 spiro atoms. The first-order chi connectivity index (χ1) is 14.5. The zero-order valence-corrected chi connectivity index (χ0v) is 17.5. The fraction of sp³-hybridized carbons (Fsp3) is 0.391. The molecule has 1 aliphatic rings. The number of ether oxygens (including phenoxy) is 4. The Kier molecular flexibility index (Phi) is 7.17. The summed E-state index contributed by atoms with van der Waals surface area (Å²) >= 11 is 0. The fourth-order valence-corrected chi connectivity index (χ4v) is 3.38. The number of hydrogen-bond acceptors (Lipinski definition) is 6. The summed E-state index contributed by atoms with van der Waals surface area (Å²) in [7, 11) is 3.07. The van der Waals surface area contributed by atoms with Gasteiger partial charge in [0.15, 0.2) is 35.4 Å². The highest BCUT2D eigenvalue weighted by molar-refractivity contribution is 5.95. The molecule has 0 heterocycles. The highest BCUT2D eigenvalue weighted by Gasteiger charge is 2.19. The van der Waals surface area contributed by atoms with Crippen molar-refractivity contribution in [2.45, 2.75) is 38.7 Å². The van der Waals surface area contributed by atoms with Crippen LogP contribution in [0.25, 0.3) is 0 Å². The number of carbonyl (C=O) groups is 2. The average Bonchev–Trinajstić information content (AvgIpc) is 3.25. The highest BCUT2D eigenvalue weighted by Crippen LogP contribution is 2.34. The van der Waals surface area contributed by atoms with Crippen molar-refractivity contribution in [2.24, 2.45) is 0 Å². The van der Waals surface area contributed by atoms with Crippen molar-refractivity contribution < 1.29 is 28.5 Å². The highest BCUT2D eigenvalue weighted by atomic mass is 16.5. The minimum atomic E-state index is -0.329. The van der Waals surface area contributed by atoms with Crippen molar-refractivity contribution in [3.8, 4) is 23.0 Å². The molecule has 0 radical (unpaired) electrons. The molecule has 1 N–H and O–H groups in total. The number of ketones is 1. The fourth-order valence-electron chi connectivity index (χ4n) is 3.38. The van der Waals surface area contributed by atoms with Crippen LogP contribution in [-0.2, 0) is 4.79 Å². The summed E-state index contributed by atoms with van der Waals surface area (Å²) in [5.41, 5.74) is 1.10. The maximum Gasteiger partial charge on any atom is 0.262 e. The van der Waals surface area contributed by atoms with Crippen LogP contribution in [0.2, 0.25) is 0 Å². The van der Waals surface area contributed by atoms with Crippen LogP contribution in [0.4, 0.5) is 5.69 Å². The van der Waals surface area contributed by atoms with E-state index in [2.05, 4.69) is 5.32 Å². The van der Waals surface area contributed by atoms with E-state index in [9.17, 15) is 9.59 Å². The van der Waals surface area contributed by atoms with Gasteiger partial charge < -0.3 is 24.3 Å².